The van der Waals surface area contributed by atoms with Crippen molar-refractivity contribution < 1.29 is 9.53 Å². The van der Waals surface area contributed by atoms with Gasteiger partial charge in [-0.2, -0.15) is 0 Å². The smallest absolute Gasteiger partial charge is 0.222 e. The third kappa shape index (κ3) is 5.34. The Labute approximate surface area is 145 Å². The zero-order valence-corrected chi connectivity index (χ0v) is 14.2. The van der Waals surface area contributed by atoms with Gasteiger partial charge >= 0.3 is 0 Å². The van der Waals surface area contributed by atoms with Crippen LogP contribution in [0.4, 0.5) is 5.69 Å². The molecule has 2 N–H and O–H groups in total. The Morgan fingerprint density at radius 2 is 1.87 bits per heavy atom. The van der Waals surface area contributed by atoms with Gasteiger partial charge in [-0.05, 0) is 29.8 Å². The number of rotatable bonds is 7. The summed E-state index contributed by atoms with van der Waals surface area (Å²) in [5.74, 6) is 0.758. The van der Waals surface area contributed by atoms with Gasteiger partial charge in [0, 0.05) is 19.5 Å². The van der Waals surface area contributed by atoms with E-state index in [-0.39, 0.29) is 5.91 Å². The molecule has 2 rings (SSSR count). The zero-order chi connectivity index (χ0) is 16.7. The van der Waals surface area contributed by atoms with Gasteiger partial charge in [0.25, 0.3) is 0 Å². The second-order valence-electron chi connectivity index (χ2n) is 4.90. The second kappa shape index (κ2) is 8.65. The van der Waals surface area contributed by atoms with Crippen molar-refractivity contribution in [2.75, 3.05) is 19.0 Å². The van der Waals surface area contributed by atoms with E-state index < -0.39 is 0 Å². The molecular formula is C17H18Cl2N2O2. The number of halogens is 2. The molecule has 2 aromatic carbocycles. The van der Waals surface area contributed by atoms with E-state index in [0.29, 0.717) is 29.6 Å². The molecule has 0 saturated carbocycles. The summed E-state index contributed by atoms with van der Waals surface area (Å²) in [5.41, 5.74) is 1.74. The number of benzene rings is 2. The number of amides is 1. The topological polar surface area (TPSA) is 50.4 Å². The monoisotopic (exact) mass is 352 g/mol. The van der Waals surface area contributed by atoms with Crippen molar-refractivity contribution in [2.24, 2.45) is 0 Å². The third-order valence-corrected chi connectivity index (χ3v) is 4.09. The van der Waals surface area contributed by atoms with E-state index in [9.17, 15) is 4.79 Å². The summed E-state index contributed by atoms with van der Waals surface area (Å²) in [7, 11) is 1.62. The van der Waals surface area contributed by atoms with E-state index in [0.717, 1.165) is 17.0 Å². The lowest BCUT2D eigenvalue weighted by atomic mass is 10.2. The van der Waals surface area contributed by atoms with Crippen molar-refractivity contribution in [3.05, 3.63) is 58.1 Å². The highest BCUT2D eigenvalue weighted by molar-refractivity contribution is 6.43. The summed E-state index contributed by atoms with van der Waals surface area (Å²) in [6.07, 6.45) is 0.346. The van der Waals surface area contributed by atoms with Gasteiger partial charge in [-0.3, -0.25) is 4.79 Å². The summed E-state index contributed by atoms with van der Waals surface area (Å²) in [4.78, 5) is 11.8. The minimum absolute atomic E-state index is 0.0357. The molecular weight excluding hydrogens is 335 g/mol. The molecule has 0 aliphatic rings. The number of carbonyl (C=O) groups excluding carboxylic acids is 1. The Hall–Kier alpha value is -1.91. The van der Waals surface area contributed by atoms with Crippen LogP contribution in [-0.2, 0) is 11.3 Å². The highest BCUT2D eigenvalue weighted by Crippen LogP contribution is 2.29. The Morgan fingerprint density at radius 1 is 1.13 bits per heavy atom. The van der Waals surface area contributed by atoms with E-state index in [2.05, 4.69) is 10.6 Å². The fourth-order valence-electron chi connectivity index (χ4n) is 1.98. The van der Waals surface area contributed by atoms with Crippen molar-refractivity contribution in [3.8, 4) is 5.75 Å². The van der Waals surface area contributed by atoms with Crippen molar-refractivity contribution in [1.29, 1.82) is 0 Å². The molecule has 0 radical (unpaired) electrons. The average molecular weight is 353 g/mol. The van der Waals surface area contributed by atoms with E-state index >= 15 is 0 Å². The van der Waals surface area contributed by atoms with Gasteiger partial charge in [0.2, 0.25) is 5.91 Å². The van der Waals surface area contributed by atoms with Crippen LogP contribution in [0.1, 0.15) is 12.0 Å². The number of hydrogen-bond donors (Lipinski definition) is 2. The van der Waals surface area contributed by atoms with Crippen LogP contribution in [0.15, 0.2) is 42.5 Å². The molecule has 0 aliphatic heterocycles. The van der Waals surface area contributed by atoms with Crippen LogP contribution in [-0.4, -0.2) is 19.6 Å². The molecule has 4 nitrogen and oxygen atoms in total. The predicted molar refractivity (Wildman–Crippen MR) is 94.4 cm³/mol. The molecule has 0 saturated heterocycles. The number of ether oxygens (including phenoxy) is 1. The lowest BCUT2D eigenvalue weighted by Gasteiger charge is -2.10. The number of nitrogens with one attached hydrogen (secondary N) is 2. The van der Waals surface area contributed by atoms with Crippen LogP contribution in [0.2, 0.25) is 10.0 Å². The first-order valence-electron chi connectivity index (χ1n) is 7.17. The van der Waals surface area contributed by atoms with Gasteiger partial charge in [0.1, 0.15) is 5.75 Å². The first-order chi connectivity index (χ1) is 11.1. The van der Waals surface area contributed by atoms with Gasteiger partial charge in [0.15, 0.2) is 0 Å². The molecule has 0 unspecified atom stereocenters. The molecule has 0 bridgehead atoms. The molecule has 0 fully saturated rings. The third-order valence-electron chi connectivity index (χ3n) is 3.27. The van der Waals surface area contributed by atoms with Gasteiger partial charge in [-0.1, -0.05) is 41.4 Å². The molecule has 0 heterocycles. The lowest BCUT2D eigenvalue weighted by Crippen LogP contribution is -2.24. The Bertz CT molecular complexity index is 660. The molecule has 0 aliphatic carbocycles. The second-order valence-corrected chi connectivity index (χ2v) is 5.69. The first-order valence-corrected chi connectivity index (χ1v) is 7.93. The van der Waals surface area contributed by atoms with Crippen LogP contribution in [0.3, 0.4) is 0 Å². The zero-order valence-electron chi connectivity index (χ0n) is 12.7. The fraction of sp³-hybridized carbons (Fsp3) is 0.235. The van der Waals surface area contributed by atoms with E-state index in [1.54, 1.807) is 19.2 Å². The number of methoxy groups -OCH3 is 1. The molecule has 23 heavy (non-hydrogen) atoms. The minimum atomic E-state index is -0.0357. The SMILES string of the molecule is COc1ccc(CNC(=O)CCNc2cccc(Cl)c2Cl)cc1. The maximum absolute atomic E-state index is 11.8. The summed E-state index contributed by atoms with van der Waals surface area (Å²) < 4.78 is 5.09. The van der Waals surface area contributed by atoms with Gasteiger partial charge in [-0.25, -0.2) is 0 Å². The standard InChI is InChI=1S/C17H18Cl2N2O2/c1-23-13-7-5-12(6-8-13)11-21-16(22)9-10-20-15-4-2-3-14(18)17(15)19/h2-8,20H,9-11H2,1H3,(H,21,22). The molecule has 0 atom stereocenters. The molecule has 122 valence electrons. The van der Waals surface area contributed by atoms with Crippen molar-refractivity contribution in [3.63, 3.8) is 0 Å². The Kier molecular flexibility index (Phi) is 6.56. The summed E-state index contributed by atoms with van der Waals surface area (Å²) in [5, 5.41) is 6.93. The number of carbonyl (C=O) groups is 1. The van der Waals surface area contributed by atoms with E-state index in [1.807, 2.05) is 30.3 Å². The van der Waals surface area contributed by atoms with Crippen molar-refractivity contribution >= 4 is 34.8 Å². The summed E-state index contributed by atoms with van der Waals surface area (Å²) in [6, 6.07) is 12.9. The van der Waals surface area contributed by atoms with E-state index in [4.69, 9.17) is 27.9 Å². The minimum Gasteiger partial charge on any atom is -0.497 e. The highest BCUT2D eigenvalue weighted by atomic mass is 35.5. The maximum atomic E-state index is 11.8. The van der Waals surface area contributed by atoms with Crippen LogP contribution >= 0.6 is 23.2 Å². The maximum Gasteiger partial charge on any atom is 0.222 e. The highest BCUT2D eigenvalue weighted by Gasteiger charge is 2.05. The predicted octanol–water partition coefficient (Wildman–Crippen LogP) is 4.12. The van der Waals surface area contributed by atoms with Gasteiger partial charge in [-0.15, -0.1) is 0 Å². The number of hydrogen-bond acceptors (Lipinski definition) is 3. The fourth-order valence-corrected chi connectivity index (χ4v) is 2.35. The lowest BCUT2D eigenvalue weighted by molar-refractivity contribution is -0.121. The Balaban J connectivity index is 1.73. The van der Waals surface area contributed by atoms with Gasteiger partial charge < -0.3 is 15.4 Å². The average Bonchev–Trinajstić information content (AvgIpc) is 2.57. The van der Waals surface area contributed by atoms with Crippen molar-refractivity contribution in [2.45, 2.75) is 13.0 Å². The normalized spacial score (nSPS) is 10.2. The molecule has 2 aromatic rings. The largest absolute Gasteiger partial charge is 0.497 e. The molecule has 0 spiro atoms. The van der Waals surface area contributed by atoms with Gasteiger partial charge in [0.05, 0.1) is 22.8 Å². The first kappa shape index (κ1) is 17.4. The van der Waals surface area contributed by atoms with Crippen molar-refractivity contribution in [1.82, 2.24) is 5.32 Å². The van der Waals surface area contributed by atoms with Crippen LogP contribution in [0, 0.1) is 0 Å². The number of anilines is 1. The van der Waals surface area contributed by atoms with E-state index in [1.165, 1.54) is 0 Å². The summed E-state index contributed by atoms with van der Waals surface area (Å²) in [6.45, 7) is 0.968. The van der Waals surface area contributed by atoms with Crippen LogP contribution in [0.5, 0.6) is 5.75 Å². The molecule has 6 heteroatoms. The quantitative estimate of drug-likeness (QED) is 0.787. The Morgan fingerprint density at radius 3 is 2.57 bits per heavy atom. The van der Waals surface area contributed by atoms with Crippen LogP contribution < -0.4 is 15.4 Å². The van der Waals surface area contributed by atoms with Crippen LogP contribution in [0.25, 0.3) is 0 Å². The molecule has 0 aromatic heterocycles. The molecule has 1 amide bonds. The summed E-state index contributed by atoms with van der Waals surface area (Å²) >= 11 is 12.0.